The van der Waals surface area contributed by atoms with Gasteiger partial charge in [-0.3, -0.25) is 9.59 Å². The highest BCUT2D eigenvalue weighted by molar-refractivity contribution is 5.98. The summed E-state index contributed by atoms with van der Waals surface area (Å²) in [6.07, 6.45) is 0. The van der Waals surface area contributed by atoms with Crippen LogP contribution in [0.3, 0.4) is 0 Å². The predicted octanol–water partition coefficient (Wildman–Crippen LogP) is 1.68. The molecule has 2 aromatic carbocycles. The van der Waals surface area contributed by atoms with Gasteiger partial charge in [-0.25, -0.2) is 4.68 Å². The number of carbonyl (C=O) groups excluding carboxylic acids is 2. The highest BCUT2D eigenvalue weighted by Gasteiger charge is 2.09. The Bertz CT molecular complexity index is 984. The van der Waals surface area contributed by atoms with Crippen molar-refractivity contribution in [3.05, 3.63) is 54.1 Å². The van der Waals surface area contributed by atoms with E-state index in [1.54, 1.807) is 36.0 Å². The van der Waals surface area contributed by atoms with E-state index in [9.17, 15) is 9.59 Å². The Morgan fingerprint density at radius 1 is 1.07 bits per heavy atom. The lowest BCUT2D eigenvalue weighted by Gasteiger charge is -2.10. The Hall–Kier alpha value is -3.75. The van der Waals surface area contributed by atoms with Crippen LogP contribution in [0.25, 0.3) is 11.4 Å². The number of tetrazole rings is 1. The minimum absolute atomic E-state index is 0.0753. The molecule has 144 valence electrons. The van der Waals surface area contributed by atoms with Gasteiger partial charge in [0.25, 0.3) is 5.91 Å². The van der Waals surface area contributed by atoms with Gasteiger partial charge in [0, 0.05) is 36.1 Å². The molecule has 3 rings (SSSR count). The molecule has 1 aromatic heterocycles. The van der Waals surface area contributed by atoms with Crippen LogP contribution in [0.2, 0.25) is 0 Å². The van der Waals surface area contributed by atoms with Crippen molar-refractivity contribution in [2.75, 3.05) is 23.7 Å². The second-order valence-electron chi connectivity index (χ2n) is 6.05. The molecule has 0 radical (unpaired) electrons. The molecule has 0 bridgehead atoms. The van der Waals surface area contributed by atoms with Crippen molar-refractivity contribution in [1.82, 2.24) is 25.5 Å². The quantitative estimate of drug-likeness (QED) is 0.575. The molecule has 9 nitrogen and oxygen atoms in total. The average molecular weight is 379 g/mol. The highest BCUT2D eigenvalue weighted by Crippen LogP contribution is 2.19. The number of hydrogen-bond acceptors (Lipinski definition) is 6. The first-order chi connectivity index (χ1) is 13.6. The lowest BCUT2D eigenvalue weighted by molar-refractivity contribution is -0.114. The Labute approximate surface area is 162 Å². The number of aryl methyl sites for hydroxylation is 1. The van der Waals surface area contributed by atoms with Crippen LogP contribution in [0.15, 0.2) is 48.5 Å². The second-order valence-corrected chi connectivity index (χ2v) is 6.05. The molecule has 2 amide bonds. The Morgan fingerprint density at radius 2 is 1.86 bits per heavy atom. The zero-order valence-electron chi connectivity index (χ0n) is 15.6. The van der Waals surface area contributed by atoms with Crippen LogP contribution in [0, 0.1) is 0 Å². The van der Waals surface area contributed by atoms with E-state index in [1.807, 2.05) is 31.2 Å². The summed E-state index contributed by atoms with van der Waals surface area (Å²) in [6.45, 7) is 2.47. The van der Waals surface area contributed by atoms with Crippen LogP contribution < -0.4 is 16.0 Å². The number of benzene rings is 2. The monoisotopic (exact) mass is 379 g/mol. The third-order valence-corrected chi connectivity index (χ3v) is 3.94. The number of hydrogen-bond donors (Lipinski definition) is 3. The Morgan fingerprint density at radius 3 is 2.61 bits per heavy atom. The van der Waals surface area contributed by atoms with Crippen molar-refractivity contribution in [1.29, 1.82) is 0 Å². The maximum absolute atomic E-state index is 12.2. The number of amides is 2. The van der Waals surface area contributed by atoms with Gasteiger partial charge in [0.2, 0.25) is 5.91 Å². The SMILES string of the molecule is CCNC(=O)c1cccc(NC(=O)CNc2cccc(-c3nnnn3C)c2)c1. The summed E-state index contributed by atoms with van der Waals surface area (Å²) in [5.41, 5.74) is 2.67. The summed E-state index contributed by atoms with van der Waals surface area (Å²) < 4.78 is 1.58. The molecule has 1 heterocycles. The predicted molar refractivity (Wildman–Crippen MR) is 106 cm³/mol. The first-order valence-electron chi connectivity index (χ1n) is 8.81. The summed E-state index contributed by atoms with van der Waals surface area (Å²) >= 11 is 0. The maximum atomic E-state index is 12.2. The average Bonchev–Trinajstić information content (AvgIpc) is 3.13. The summed E-state index contributed by atoms with van der Waals surface area (Å²) in [5.74, 6) is 0.237. The van der Waals surface area contributed by atoms with E-state index in [0.717, 1.165) is 11.3 Å². The Balaban J connectivity index is 1.60. The van der Waals surface area contributed by atoms with Crippen LogP contribution in [0.4, 0.5) is 11.4 Å². The summed E-state index contributed by atoms with van der Waals surface area (Å²) in [6, 6.07) is 14.3. The largest absolute Gasteiger partial charge is 0.376 e. The van der Waals surface area contributed by atoms with Gasteiger partial charge in [-0.15, -0.1) is 5.10 Å². The number of nitrogens with one attached hydrogen (secondary N) is 3. The van der Waals surface area contributed by atoms with Crippen molar-refractivity contribution in [2.24, 2.45) is 7.05 Å². The van der Waals surface area contributed by atoms with E-state index in [4.69, 9.17) is 0 Å². The van der Waals surface area contributed by atoms with Gasteiger partial charge in [0.05, 0.1) is 6.54 Å². The van der Waals surface area contributed by atoms with Gasteiger partial charge in [-0.2, -0.15) is 0 Å². The first-order valence-corrected chi connectivity index (χ1v) is 8.81. The summed E-state index contributed by atoms with van der Waals surface area (Å²) in [7, 11) is 1.76. The molecule has 0 saturated heterocycles. The van der Waals surface area contributed by atoms with E-state index in [2.05, 4.69) is 31.5 Å². The first kappa shape index (κ1) is 19.0. The molecular formula is C19H21N7O2. The number of aromatic nitrogens is 4. The zero-order valence-corrected chi connectivity index (χ0v) is 15.6. The molecule has 9 heteroatoms. The molecule has 0 aliphatic heterocycles. The van der Waals surface area contributed by atoms with Gasteiger partial charge in [-0.1, -0.05) is 18.2 Å². The molecule has 3 N–H and O–H groups in total. The van der Waals surface area contributed by atoms with Crippen LogP contribution in [0.1, 0.15) is 17.3 Å². The molecule has 0 spiro atoms. The third kappa shape index (κ3) is 4.70. The van der Waals surface area contributed by atoms with E-state index >= 15 is 0 Å². The molecular weight excluding hydrogens is 358 g/mol. The van der Waals surface area contributed by atoms with Crippen LogP contribution >= 0.6 is 0 Å². The molecule has 3 aromatic rings. The van der Waals surface area contributed by atoms with Crippen LogP contribution in [-0.2, 0) is 11.8 Å². The lowest BCUT2D eigenvalue weighted by Crippen LogP contribution is -2.24. The van der Waals surface area contributed by atoms with E-state index < -0.39 is 0 Å². The topological polar surface area (TPSA) is 114 Å². The summed E-state index contributed by atoms with van der Waals surface area (Å²) in [5, 5.41) is 20.0. The van der Waals surface area contributed by atoms with Crippen molar-refractivity contribution in [3.63, 3.8) is 0 Å². The van der Waals surface area contributed by atoms with Gasteiger partial charge < -0.3 is 16.0 Å². The van der Waals surface area contributed by atoms with E-state index in [1.165, 1.54) is 0 Å². The molecule has 0 unspecified atom stereocenters. The highest BCUT2D eigenvalue weighted by atomic mass is 16.2. The van der Waals surface area contributed by atoms with Crippen molar-refractivity contribution in [3.8, 4) is 11.4 Å². The number of carbonyl (C=O) groups is 2. The molecule has 0 aliphatic carbocycles. The van der Waals surface area contributed by atoms with Gasteiger partial charge in [0.15, 0.2) is 5.82 Å². The second kappa shape index (κ2) is 8.76. The van der Waals surface area contributed by atoms with Gasteiger partial charge in [0.1, 0.15) is 0 Å². The van der Waals surface area contributed by atoms with Gasteiger partial charge in [-0.05, 0) is 47.7 Å². The lowest BCUT2D eigenvalue weighted by atomic mass is 10.2. The fourth-order valence-electron chi connectivity index (χ4n) is 2.63. The molecule has 0 aliphatic rings. The standard InChI is InChI=1S/C19H21N7O2/c1-3-20-19(28)14-7-5-9-16(11-14)22-17(27)12-21-15-8-4-6-13(10-15)18-23-24-25-26(18)2/h4-11,21H,3,12H2,1-2H3,(H,20,28)(H,22,27). The van der Waals surface area contributed by atoms with Crippen molar-refractivity contribution >= 4 is 23.2 Å². The molecule has 0 fully saturated rings. The van der Waals surface area contributed by atoms with Crippen molar-refractivity contribution in [2.45, 2.75) is 6.92 Å². The maximum Gasteiger partial charge on any atom is 0.251 e. The number of rotatable bonds is 7. The minimum Gasteiger partial charge on any atom is -0.376 e. The molecule has 0 atom stereocenters. The smallest absolute Gasteiger partial charge is 0.251 e. The minimum atomic E-state index is -0.223. The van der Waals surface area contributed by atoms with E-state index in [0.29, 0.717) is 23.6 Å². The van der Waals surface area contributed by atoms with E-state index in [-0.39, 0.29) is 18.4 Å². The fraction of sp³-hybridized carbons (Fsp3) is 0.211. The summed E-state index contributed by atoms with van der Waals surface area (Å²) in [4.78, 5) is 24.1. The third-order valence-electron chi connectivity index (χ3n) is 3.94. The van der Waals surface area contributed by atoms with Crippen molar-refractivity contribution < 1.29 is 9.59 Å². The van der Waals surface area contributed by atoms with Crippen LogP contribution in [-0.4, -0.2) is 45.1 Å². The Kier molecular flexibility index (Phi) is 5.95. The fourth-order valence-corrected chi connectivity index (χ4v) is 2.63. The number of anilines is 2. The normalized spacial score (nSPS) is 10.4. The molecule has 0 saturated carbocycles. The van der Waals surface area contributed by atoms with Gasteiger partial charge >= 0.3 is 0 Å². The number of nitrogens with zero attached hydrogens (tertiary/aromatic N) is 4. The zero-order chi connectivity index (χ0) is 19.9. The molecule has 28 heavy (non-hydrogen) atoms. The van der Waals surface area contributed by atoms with Crippen LogP contribution in [0.5, 0.6) is 0 Å².